The minimum Gasteiger partial charge on any atom is -0.454 e. The predicted molar refractivity (Wildman–Crippen MR) is 125 cm³/mol. The Bertz CT molecular complexity index is 1360. The van der Waals surface area contributed by atoms with Crippen LogP contribution < -0.4 is 15.2 Å². The Kier molecular flexibility index (Phi) is 6.66. The number of nitrogen functional groups attached to an aromatic ring is 1. The molecular formula is C25H23F3N4O4. The van der Waals surface area contributed by atoms with Crippen LogP contribution in [0.5, 0.6) is 17.2 Å². The molecule has 2 aromatic heterocycles. The Morgan fingerprint density at radius 3 is 2.61 bits per heavy atom. The number of fused-ring (bicyclic) bond motifs is 1. The maximum atomic E-state index is 14.5. The Morgan fingerprint density at radius 2 is 1.92 bits per heavy atom. The summed E-state index contributed by atoms with van der Waals surface area (Å²) < 4.78 is 56.8. The lowest BCUT2D eigenvalue weighted by atomic mass is 9.98. The van der Waals surface area contributed by atoms with Crippen molar-refractivity contribution in [2.45, 2.75) is 31.5 Å². The number of hydrogen-bond acceptors (Lipinski definition) is 7. The molecule has 36 heavy (non-hydrogen) atoms. The van der Waals surface area contributed by atoms with Gasteiger partial charge in [-0.2, -0.15) is 13.2 Å². The van der Waals surface area contributed by atoms with Gasteiger partial charge in [0.05, 0.1) is 19.3 Å². The number of alkyl halides is 2. The van der Waals surface area contributed by atoms with Gasteiger partial charge in [0, 0.05) is 23.9 Å². The molecule has 1 aliphatic rings. The molecule has 2 atom stereocenters. The fraction of sp³-hybridized carbons (Fsp3) is 0.280. The minimum absolute atomic E-state index is 0.0149. The van der Waals surface area contributed by atoms with Crippen LogP contribution in [0.25, 0.3) is 16.8 Å². The van der Waals surface area contributed by atoms with Crippen LogP contribution in [0.4, 0.5) is 19.0 Å². The molecule has 8 nitrogen and oxygen atoms in total. The molecule has 0 amide bonds. The molecule has 0 aliphatic carbocycles. The van der Waals surface area contributed by atoms with Gasteiger partial charge < -0.3 is 25.1 Å². The molecular weight excluding hydrogens is 477 g/mol. The van der Waals surface area contributed by atoms with Crippen molar-refractivity contribution in [3.8, 4) is 28.5 Å². The van der Waals surface area contributed by atoms with Crippen LogP contribution in [0, 0.1) is 5.82 Å². The second-order valence-corrected chi connectivity index (χ2v) is 8.34. The molecule has 1 saturated heterocycles. The number of nitrogens with two attached hydrogens (primary N) is 1. The Balaban J connectivity index is 1.43. The number of aliphatic hydroxyl groups is 1. The molecule has 0 radical (unpaired) electrons. The van der Waals surface area contributed by atoms with Crippen LogP contribution in [0.3, 0.4) is 0 Å². The summed E-state index contributed by atoms with van der Waals surface area (Å²) in [5.41, 5.74) is 8.20. The maximum absolute atomic E-state index is 14.5. The number of anilines is 1. The number of nitrogens with zero attached hydrogens (tertiary/aromatic N) is 3. The van der Waals surface area contributed by atoms with Crippen molar-refractivity contribution in [2.24, 2.45) is 0 Å². The molecule has 3 heterocycles. The largest absolute Gasteiger partial charge is 0.454 e. The van der Waals surface area contributed by atoms with E-state index in [2.05, 4.69) is 9.72 Å². The molecule has 3 N–H and O–H groups in total. The summed E-state index contributed by atoms with van der Waals surface area (Å²) >= 11 is 0. The van der Waals surface area contributed by atoms with E-state index in [9.17, 15) is 18.3 Å². The van der Waals surface area contributed by atoms with Gasteiger partial charge in [-0.25, -0.2) is 9.97 Å². The molecule has 2 unspecified atom stereocenters. The van der Waals surface area contributed by atoms with E-state index >= 15 is 0 Å². The van der Waals surface area contributed by atoms with Crippen LogP contribution in [0.15, 0.2) is 54.9 Å². The third kappa shape index (κ3) is 4.67. The summed E-state index contributed by atoms with van der Waals surface area (Å²) in [7, 11) is 0. The van der Waals surface area contributed by atoms with Crippen molar-refractivity contribution in [3.63, 3.8) is 0 Å². The minimum atomic E-state index is -3.15. The topological polar surface area (TPSA) is 104 Å². The highest BCUT2D eigenvalue weighted by Gasteiger charge is 2.28. The van der Waals surface area contributed by atoms with Gasteiger partial charge in [0.25, 0.3) is 0 Å². The monoisotopic (exact) mass is 500 g/mol. The fourth-order valence-electron chi connectivity index (χ4n) is 4.29. The molecule has 11 heteroatoms. The van der Waals surface area contributed by atoms with Crippen molar-refractivity contribution in [1.82, 2.24) is 14.4 Å². The zero-order chi connectivity index (χ0) is 25.2. The first-order valence-corrected chi connectivity index (χ1v) is 11.3. The van der Waals surface area contributed by atoms with Crippen LogP contribution in [-0.2, 0) is 4.74 Å². The van der Waals surface area contributed by atoms with Crippen LogP contribution in [0.2, 0.25) is 0 Å². The Hall–Kier alpha value is -3.83. The number of aliphatic hydroxyl groups excluding tert-OH is 1. The highest BCUT2D eigenvalue weighted by atomic mass is 19.3. The maximum Gasteiger partial charge on any atom is 0.387 e. The van der Waals surface area contributed by atoms with Gasteiger partial charge in [0.2, 0.25) is 5.82 Å². The summed E-state index contributed by atoms with van der Waals surface area (Å²) in [6.07, 6.45) is 4.76. The first-order valence-electron chi connectivity index (χ1n) is 11.3. The molecule has 0 bridgehead atoms. The fourth-order valence-corrected chi connectivity index (χ4v) is 4.29. The molecule has 0 saturated carbocycles. The van der Waals surface area contributed by atoms with E-state index in [0.29, 0.717) is 23.6 Å². The van der Waals surface area contributed by atoms with E-state index in [1.165, 1.54) is 12.1 Å². The number of halogens is 3. The van der Waals surface area contributed by atoms with E-state index in [0.717, 1.165) is 30.3 Å². The molecule has 2 aromatic carbocycles. The van der Waals surface area contributed by atoms with Crippen molar-refractivity contribution < 1.29 is 32.5 Å². The van der Waals surface area contributed by atoms with Crippen molar-refractivity contribution in [2.75, 3.05) is 18.9 Å². The van der Waals surface area contributed by atoms with Crippen LogP contribution in [-0.4, -0.2) is 45.4 Å². The number of rotatable bonds is 7. The van der Waals surface area contributed by atoms with Gasteiger partial charge in [0.1, 0.15) is 28.6 Å². The van der Waals surface area contributed by atoms with Crippen LogP contribution >= 0.6 is 0 Å². The van der Waals surface area contributed by atoms with Crippen molar-refractivity contribution >= 4 is 11.3 Å². The van der Waals surface area contributed by atoms with E-state index in [-0.39, 0.29) is 30.1 Å². The first-order chi connectivity index (χ1) is 17.4. The highest BCUT2D eigenvalue weighted by Crippen LogP contribution is 2.36. The number of hydrogen-bond donors (Lipinski definition) is 2. The summed E-state index contributed by atoms with van der Waals surface area (Å²) in [5.74, 6) is -0.470. The Morgan fingerprint density at radius 1 is 1.14 bits per heavy atom. The van der Waals surface area contributed by atoms with Gasteiger partial charge in [0.15, 0.2) is 11.5 Å². The molecule has 1 aliphatic heterocycles. The van der Waals surface area contributed by atoms with Crippen LogP contribution in [0.1, 0.15) is 24.6 Å². The van der Waals surface area contributed by atoms with Gasteiger partial charge in [-0.1, -0.05) is 6.07 Å². The number of imidazole rings is 1. The third-order valence-electron chi connectivity index (χ3n) is 6.05. The van der Waals surface area contributed by atoms with Gasteiger partial charge >= 0.3 is 6.61 Å². The zero-order valence-corrected chi connectivity index (χ0v) is 19.0. The van der Waals surface area contributed by atoms with E-state index in [4.69, 9.17) is 20.2 Å². The summed E-state index contributed by atoms with van der Waals surface area (Å²) in [5, 5.41) is 9.35. The quantitative estimate of drug-likeness (QED) is 0.377. The lowest BCUT2D eigenvalue weighted by Crippen LogP contribution is -2.28. The predicted octanol–water partition coefficient (Wildman–Crippen LogP) is 4.77. The lowest BCUT2D eigenvalue weighted by molar-refractivity contribution is -0.0523. The summed E-state index contributed by atoms with van der Waals surface area (Å²) in [4.78, 5) is 9.08. The smallest absolute Gasteiger partial charge is 0.387 e. The third-order valence-corrected chi connectivity index (χ3v) is 6.05. The average molecular weight is 500 g/mol. The second kappa shape index (κ2) is 10.0. The molecule has 4 aromatic rings. The standard InChI is InChI=1S/C25H23F3N4O4/c26-20-18(2-1-3-19(20)36-25(27)28)35-16-7-4-14(5-8-16)21-22-23(29)30-10-11-32(22)24(31-21)15-6-9-17(12-33)34-13-15/h1-5,7-8,10-11,15,17,25,33H,6,9,12-13H2,(H2,29,30). The van der Waals surface area contributed by atoms with Crippen molar-refractivity contribution in [3.05, 3.63) is 66.5 Å². The van der Waals surface area contributed by atoms with Crippen molar-refractivity contribution in [1.29, 1.82) is 0 Å². The molecule has 188 valence electrons. The Labute approximate surface area is 204 Å². The molecule has 0 spiro atoms. The SMILES string of the molecule is Nc1nccn2c(C3CCC(CO)OC3)nc(-c3ccc(Oc4cccc(OC(F)F)c4F)cc3)c12. The number of ether oxygens (including phenoxy) is 3. The van der Waals surface area contributed by atoms with E-state index in [1.807, 2.05) is 4.40 Å². The second-order valence-electron chi connectivity index (χ2n) is 8.34. The molecule has 1 fully saturated rings. The molecule has 5 rings (SSSR count). The normalized spacial score (nSPS) is 18.0. The highest BCUT2D eigenvalue weighted by molar-refractivity contribution is 5.85. The average Bonchev–Trinajstić information content (AvgIpc) is 3.28. The van der Waals surface area contributed by atoms with E-state index < -0.39 is 18.2 Å². The summed E-state index contributed by atoms with van der Waals surface area (Å²) in [6.45, 7) is -2.74. The number of aromatic nitrogens is 3. The first kappa shape index (κ1) is 23.9. The lowest BCUT2D eigenvalue weighted by Gasteiger charge is -2.27. The van der Waals surface area contributed by atoms with Gasteiger partial charge in [-0.3, -0.25) is 4.40 Å². The summed E-state index contributed by atoms with van der Waals surface area (Å²) in [6, 6.07) is 10.5. The van der Waals surface area contributed by atoms with Gasteiger partial charge in [-0.05, 0) is 49.2 Å². The zero-order valence-electron chi connectivity index (χ0n) is 19.0. The van der Waals surface area contributed by atoms with Gasteiger partial charge in [-0.15, -0.1) is 0 Å². The van der Waals surface area contributed by atoms with E-state index in [1.54, 1.807) is 36.7 Å². The number of benzene rings is 2.